The molecule has 0 amide bonds. The molecule has 1 aliphatic heterocycles. The van der Waals surface area contributed by atoms with E-state index in [1.165, 1.54) is 30.6 Å². The Kier molecular flexibility index (Phi) is 4.66. The average Bonchev–Trinajstić information content (AvgIpc) is 3.39. The van der Waals surface area contributed by atoms with Gasteiger partial charge in [-0.1, -0.05) is 12.1 Å². The van der Waals surface area contributed by atoms with Crippen LogP contribution in [0.2, 0.25) is 0 Å². The first-order valence-corrected chi connectivity index (χ1v) is 10.5. The number of nitrogens with two attached hydrogens (primary N) is 1. The SMILES string of the molecule is Cc1ncnc2c1ccn2[C@@H]1C[C@H](C(F)(CN)c2ccc(F)cc2)[C@H]2OC(C)(C)O[C@H]21. The Bertz CT molecular complexity index is 1120. The van der Waals surface area contributed by atoms with Gasteiger partial charge in [0.1, 0.15) is 23.9 Å². The molecule has 3 heterocycles. The molecule has 31 heavy (non-hydrogen) atoms. The van der Waals surface area contributed by atoms with Crippen molar-refractivity contribution in [1.29, 1.82) is 0 Å². The third-order valence-corrected chi connectivity index (χ3v) is 6.71. The van der Waals surface area contributed by atoms with E-state index in [0.717, 1.165) is 16.7 Å². The van der Waals surface area contributed by atoms with Gasteiger partial charge in [0, 0.05) is 24.0 Å². The van der Waals surface area contributed by atoms with Gasteiger partial charge in [-0.3, -0.25) is 0 Å². The highest BCUT2D eigenvalue weighted by molar-refractivity contribution is 5.78. The van der Waals surface area contributed by atoms with Gasteiger partial charge in [0.05, 0.1) is 17.8 Å². The number of aromatic nitrogens is 3. The van der Waals surface area contributed by atoms with Gasteiger partial charge in [0.2, 0.25) is 0 Å². The summed E-state index contributed by atoms with van der Waals surface area (Å²) in [5.74, 6) is -1.83. The fraction of sp³-hybridized carbons (Fsp3) is 0.478. The van der Waals surface area contributed by atoms with E-state index in [-0.39, 0.29) is 18.7 Å². The number of aryl methyl sites for hydroxylation is 1. The van der Waals surface area contributed by atoms with E-state index >= 15 is 4.39 Å². The van der Waals surface area contributed by atoms with E-state index < -0.39 is 29.3 Å². The maximum Gasteiger partial charge on any atom is 0.163 e. The second kappa shape index (κ2) is 7.05. The van der Waals surface area contributed by atoms with Crippen molar-refractivity contribution in [3.05, 3.63) is 59.9 Å². The zero-order valence-corrected chi connectivity index (χ0v) is 17.8. The van der Waals surface area contributed by atoms with Crippen LogP contribution in [-0.2, 0) is 15.1 Å². The molecule has 2 aliphatic rings. The maximum absolute atomic E-state index is 16.6. The van der Waals surface area contributed by atoms with Crippen LogP contribution < -0.4 is 5.73 Å². The lowest BCUT2D eigenvalue weighted by Crippen LogP contribution is -2.43. The Morgan fingerprint density at radius 3 is 2.58 bits per heavy atom. The third-order valence-electron chi connectivity index (χ3n) is 6.71. The van der Waals surface area contributed by atoms with Crippen molar-refractivity contribution in [2.75, 3.05) is 6.54 Å². The molecule has 6 nitrogen and oxygen atoms in total. The van der Waals surface area contributed by atoms with Crippen LogP contribution in [0.4, 0.5) is 8.78 Å². The van der Waals surface area contributed by atoms with Crippen molar-refractivity contribution >= 4 is 11.0 Å². The number of hydrogen-bond acceptors (Lipinski definition) is 5. The van der Waals surface area contributed by atoms with Crippen molar-refractivity contribution in [3.8, 4) is 0 Å². The molecule has 2 aromatic heterocycles. The van der Waals surface area contributed by atoms with Crippen LogP contribution in [0.15, 0.2) is 42.9 Å². The molecular weight excluding hydrogens is 402 g/mol. The van der Waals surface area contributed by atoms with Crippen LogP contribution >= 0.6 is 0 Å². The molecule has 164 valence electrons. The number of ether oxygens (including phenoxy) is 2. The number of rotatable bonds is 4. The Morgan fingerprint density at radius 2 is 1.87 bits per heavy atom. The smallest absolute Gasteiger partial charge is 0.163 e. The second-order valence-corrected chi connectivity index (χ2v) is 8.97. The summed E-state index contributed by atoms with van der Waals surface area (Å²) < 4.78 is 44.5. The quantitative estimate of drug-likeness (QED) is 0.685. The van der Waals surface area contributed by atoms with Gasteiger partial charge < -0.3 is 19.8 Å². The van der Waals surface area contributed by atoms with Crippen LogP contribution in [0.3, 0.4) is 0 Å². The Morgan fingerprint density at radius 1 is 1.16 bits per heavy atom. The summed E-state index contributed by atoms with van der Waals surface area (Å²) in [6, 6.07) is 7.24. The highest BCUT2D eigenvalue weighted by Crippen LogP contribution is 2.54. The first-order valence-electron chi connectivity index (χ1n) is 10.5. The molecule has 5 atom stereocenters. The first kappa shape index (κ1) is 20.5. The molecule has 5 rings (SSSR count). The molecule has 0 spiro atoms. The number of halogens is 2. The minimum absolute atomic E-state index is 0.189. The number of nitrogens with zero attached hydrogens (tertiary/aromatic N) is 3. The highest BCUT2D eigenvalue weighted by atomic mass is 19.1. The van der Waals surface area contributed by atoms with Gasteiger partial charge in [-0.05, 0) is 51.0 Å². The van der Waals surface area contributed by atoms with Crippen molar-refractivity contribution in [1.82, 2.24) is 14.5 Å². The molecule has 1 saturated carbocycles. The van der Waals surface area contributed by atoms with Crippen molar-refractivity contribution in [2.24, 2.45) is 11.7 Å². The van der Waals surface area contributed by atoms with Gasteiger partial charge in [0.25, 0.3) is 0 Å². The summed E-state index contributed by atoms with van der Waals surface area (Å²) in [5, 5.41) is 0.949. The van der Waals surface area contributed by atoms with E-state index in [9.17, 15) is 4.39 Å². The number of fused-ring (bicyclic) bond motifs is 2. The number of alkyl halides is 1. The predicted octanol–water partition coefficient (Wildman–Crippen LogP) is 3.78. The molecule has 2 fully saturated rings. The molecule has 1 unspecified atom stereocenters. The summed E-state index contributed by atoms with van der Waals surface area (Å²) in [6.45, 7) is 5.36. The van der Waals surface area contributed by atoms with Gasteiger partial charge in [0.15, 0.2) is 11.5 Å². The fourth-order valence-corrected chi connectivity index (χ4v) is 5.25. The molecule has 2 N–H and O–H groups in total. The Labute approximate surface area is 179 Å². The predicted molar refractivity (Wildman–Crippen MR) is 111 cm³/mol. The van der Waals surface area contributed by atoms with Gasteiger partial charge >= 0.3 is 0 Å². The highest BCUT2D eigenvalue weighted by Gasteiger charge is 2.61. The third kappa shape index (κ3) is 3.16. The summed E-state index contributed by atoms with van der Waals surface area (Å²) in [6.07, 6.45) is 3.06. The lowest BCUT2D eigenvalue weighted by Gasteiger charge is -2.34. The molecule has 8 heteroatoms. The Hall–Kier alpha value is -2.42. The van der Waals surface area contributed by atoms with Gasteiger partial charge in [-0.15, -0.1) is 0 Å². The van der Waals surface area contributed by atoms with Crippen molar-refractivity contribution in [3.63, 3.8) is 0 Å². The van der Waals surface area contributed by atoms with Gasteiger partial charge in [-0.2, -0.15) is 0 Å². The molecular formula is C23H26F2N4O2. The van der Waals surface area contributed by atoms with E-state index in [2.05, 4.69) is 9.97 Å². The standard InChI is InChI=1S/C23H26F2N4O2/c1-13-16-8-9-29(21(16)28-12-27-13)18-10-17(19-20(18)31-22(2,3)30-19)23(25,11-26)14-4-6-15(24)7-5-14/h4-9,12,17-20H,10-11,26H2,1-3H3/t17-,18+,19+,20-,23?/m0/s1. The zero-order valence-electron chi connectivity index (χ0n) is 17.8. The normalized spacial score (nSPS) is 29.2. The fourth-order valence-electron chi connectivity index (χ4n) is 5.25. The number of hydrogen-bond donors (Lipinski definition) is 1. The van der Waals surface area contributed by atoms with Gasteiger partial charge in [-0.25, -0.2) is 18.7 Å². The summed E-state index contributed by atoms with van der Waals surface area (Å²) in [7, 11) is 0. The van der Waals surface area contributed by atoms with E-state index in [4.69, 9.17) is 15.2 Å². The molecule has 0 bridgehead atoms. The molecule has 1 saturated heterocycles. The largest absolute Gasteiger partial charge is 0.344 e. The zero-order chi connectivity index (χ0) is 22.0. The van der Waals surface area contributed by atoms with Crippen LogP contribution in [0, 0.1) is 18.7 Å². The topological polar surface area (TPSA) is 75.2 Å². The number of benzene rings is 1. The van der Waals surface area contributed by atoms with Crippen LogP contribution in [-0.4, -0.2) is 39.1 Å². The van der Waals surface area contributed by atoms with E-state index in [1.807, 2.05) is 37.6 Å². The van der Waals surface area contributed by atoms with Crippen molar-refractivity contribution < 1.29 is 18.3 Å². The summed E-state index contributed by atoms with van der Waals surface area (Å²) in [4.78, 5) is 8.73. The minimum Gasteiger partial charge on any atom is -0.344 e. The molecule has 1 aliphatic carbocycles. The van der Waals surface area contributed by atoms with Crippen LogP contribution in [0.5, 0.6) is 0 Å². The monoisotopic (exact) mass is 428 g/mol. The maximum atomic E-state index is 16.6. The summed E-state index contributed by atoms with van der Waals surface area (Å²) in [5.41, 5.74) is 6.12. The van der Waals surface area contributed by atoms with Crippen LogP contribution in [0.25, 0.3) is 11.0 Å². The van der Waals surface area contributed by atoms with Crippen LogP contribution in [0.1, 0.15) is 37.6 Å². The molecule has 3 aromatic rings. The van der Waals surface area contributed by atoms with E-state index in [1.54, 1.807) is 0 Å². The summed E-state index contributed by atoms with van der Waals surface area (Å²) >= 11 is 0. The van der Waals surface area contributed by atoms with E-state index in [0.29, 0.717) is 12.0 Å². The molecule has 1 aromatic carbocycles. The Balaban J connectivity index is 1.59. The average molecular weight is 428 g/mol. The molecule has 0 radical (unpaired) electrons. The lowest BCUT2D eigenvalue weighted by molar-refractivity contribution is -0.167. The van der Waals surface area contributed by atoms with Crippen molar-refractivity contribution in [2.45, 2.75) is 56.9 Å². The first-order chi connectivity index (χ1) is 14.7. The second-order valence-electron chi connectivity index (χ2n) is 8.97. The lowest BCUT2D eigenvalue weighted by atomic mass is 9.80. The minimum atomic E-state index is -1.89.